The Morgan fingerprint density at radius 1 is 1.40 bits per heavy atom. The number of methoxy groups -OCH3 is 1. The maximum atomic E-state index is 11.9. The van der Waals surface area contributed by atoms with Crippen molar-refractivity contribution in [3.8, 4) is 0 Å². The van der Waals surface area contributed by atoms with Gasteiger partial charge in [-0.05, 0) is 31.5 Å². The minimum absolute atomic E-state index is 0.0101. The van der Waals surface area contributed by atoms with Gasteiger partial charge < -0.3 is 19.9 Å². The smallest absolute Gasteiger partial charge is 0.240 e. The van der Waals surface area contributed by atoms with Gasteiger partial charge in [0.2, 0.25) is 5.91 Å². The lowest BCUT2D eigenvalue weighted by atomic mass is 10.2. The number of carbonyl (C=O) groups excluding carboxylic acids is 1. The predicted molar refractivity (Wildman–Crippen MR) is 80.5 cm³/mol. The summed E-state index contributed by atoms with van der Waals surface area (Å²) in [7, 11) is 1.63. The van der Waals surface area contributed by atoms with Crippen LogP contribution in [-0.2, 0) is 22.6 Å². The average molecular weight is 281 g/mol. The molecule has 0 aliphatic carbocycles. The summed E-state index contributed by atoms with van der Waals surface area (Å²) in [5.74, 6) is 0.632. The number of nitrogens with zero attached hydrogens (tertiary/aromatic N) is 1. The van der Waals surface area contributed by atoms with E-state index in [1.807, 2.05) is 29.8 Å². The molecule has 20 heavy (non-hydrogen) atoms. The second-order valence-electron chi connectivity index (χ2n) is 5.58. The highest BCUT2D eigenvalue weighted by molar-refractivity contribution is 5.76. The quantitative estimate of drug-likeness (QED) is 0.719. The van der Waals surface area contributed by atoms with E-state index < -0.39 is 0 Å². The number of amides is 1. The van der Waals surface area contributed by atoms with Crippen LogP contribution in [0.1, 0.15) is 26.5 Å². The number of hydrogen-bond acceptors (Lipinski definition) is 3. The second-order valence-corrected chi connectivity index (χ2v) is 5.58. The highest BCUT2D eigenvalue weighted by Crippen LogP contribution is 2.02. The zero-order chi connectivity index (χ0) is 15.0. The van der Waals surface area contributed by atoms with Crippen molar-refractivity contribution in [3.63, 3.8) is 0 Å². The van der Waals surface area contributed by atoms with Gasteiger partial charge in [-0.2, -0.15) is 0 Å². The van der Waals surface area contributed by atoms with Crippen LogP contribution in [0.15, 0.2) is 18.3 Å². The average Bonchev–Trinajstić information content (AvgIpc) is 2.76. The first-order chi connectivity index (χ1) is 9.52. The molecule has 0 spiro atoms. The summed E-state index contributed by atoms with van der Waals surface area (Å²) >= 11 is 0. The minimum atomic E-state index is 0.0101. The maximum Gasteiger partial charge on any atom is 0.240 e. The van der Waals surface area contributed by atoms with Gasteiger partial charge in [-0.1, -0.05) is 13.8 Å². The molecular weight excluding hydrogens is 254 g/mol. The van der Waals surface area contributed by atoms with Crippen LogP contribution in [-0.4, -0.2) is 36.8 Å². The summed E-state index contributed by atoms with van der Waals surface area (Å²) in [5.41, 5.74) is 1.13. The molecule has 1 unspecified atom stereocenters. The molecule has 5 nitrogen and oxygen atoms in total. The molecule has 0 aliphatic rings. The Labute approximate surface area is 121 Å². The Balaban J connectivity index is 2.43. The van der Waals surface area contributed by atoms with Gasteiger partial charge in [0.15, 0.2) is 0 Å². The summed E-state index contributed by atoms with van der Waals surface area (Å²) in [4.78, 5) is 11.9. The van der Waals surface area contributed by atoms with E-state index in [1.54, 1.807) is 7.11 Å². The van der Waals surface area contributed by atoms with Crippen LogP contribution in [0.2, 0.25) is 0 Å². The van der Waals surface area contributed by atoms with Gasteiger partial charge in [-0.25, -0.2) is 0 Å². The molecule has 1 rings (SSSR count). The third-order valence-electron chi connectivity index (χ3n) is 2.92. The Kier molecular flexibility index (Phi) is 7.33. The van der Waals surface area contributed by atoms with E-state index in [1.165, 1.54) is 0 Å². The Hall–Kier alpha value is -1.33. The van der Waals surface area contributed by atoms with Crippen LogP contribution in [0.3, 0.4) is 0 Å². The van der Waals surface area contributed by atoms with E-state index in [4.69, 9.17) is 4.74 Å². The molecule has 1 atom stereocenters. The molecular formula is C15H27N3O2. The Bertz CT molecular complexity index is 402. The molecule has 1 aromatic heterocycles. The normalized spacial score (nSPS) is 12.7. The van der Waals surface area contributed by atoms with E-state index in [2.05, 4.69) is 24.5 Å². The zero-order valence-electron chi connectivity index (χ0n) is 13.0. The van der Waals surface area contributed by atoms with Crippen LogP contribution in [0.25, 0.3) is 0 Å². The Morgan fingerprint density at radius 2 is 2.15 bits per heavy atom. The highest BCUT2D eigenvalue weighted by Gasteiger charge is 2.09. The number of ether oxygens (including phenoxy) is 1. The summed E-state index contributed by atoms with van der Waals surface area (Å²) in [6.07, 6.45) is 1.94. The molecule has 0 fully saturated rings. The van der Waals surface area contributed by atoms with Gasteiger partial charge in [0.25, 0.3) is 0 Å². The first-order valence-corrected chi connectivity index (χ1v) is 7.16. The van der Waals surface area contributed by atoms with Crippen molar-refractivity contribution in [2.75, 3.05) is 20.3 Å². The molecule has 0 bridgehead atoms. The lowest BCUT2D eigenvalue weighted by Gasteiger charge is -2.15. The van der Waals surface area contributed by atoms with Crippen molar-refractivity contribution in [1.29, 1.82) is 0 Å². The van der Waals surface area contributed by atoms with Crippen molar-refractivity contribution in [3.05, 3.63) is 24.0 Å². The molecule has 2 N–H and O–H groups in total. The van der Waals surface area contributed by atoms with E-state index in [0.717, 1.165) is 18.8 Å². The Morgan fingerprint density at radius 3 is 2.80 bits per heavy atom. The van der Waals surface area contributed by atoms with Gasteiger partial charge in [0.1, 0.15) is 6.54 Å². The molecule has 5 heteroatoms. The molecule has 0 saturated heterocycles. The maximum absolute atomic E-state index is 11.9. The fourth-order valence-corrected chi connectivity index (χ4v) is 2.02. The molecule has 0 saturated carbocycles. The molecule has 1 heterocycles. The van der Waals surface area contributed by atoms with Gasteiger partial charge in [0, 0.05) is 31.6 Å². The SMILES string of the molecule is COCC(C)NC(=O)Cn1cccc1CNCC(C)C. The van der Waals surface area contributed by atoms with Crippen molar-refractivity contribution < 1.29 is 9.53 Å². The van der Waals surface area contributed by atoms with Gasteiger partial charge in [-0.3, -0.25) is 4.79 Å². The standard InChI is InChI=1S/C15H27N3O2/c1-12(2)8-16-9-14-6-5-7-18(14)10-15(19)17-13(3)11-20-4/h5-7,12-13,16H,8-11H2,1-4H3,(H,17,19). The van der Waals surface area contributed by atoms with Crippen molar-refractivity contribution >= 4 is 5.91 Å². The van der Waals surface area contributed by atoms with Crippen LogP contribution in [0, 0.1) is 5.92 Å². The summed E-state index contributed by atoms with van der Waals surface area (Å²) in [6, 6.07) is 4.04. The first-order valence-electron chi connectivity index (χ1n) is 7.16. The summed E-state index contributed by atoms with van der Waals surface area (Å²) in [6.45, 7) is 8.92. The van der Waals surface area contributed by atoms with Gasteiger partial charge in [-0.15, -0.1) is 0 Å². The van der Waals surface area contributed by atoms with E-state index >= 15 is 0 Å². The highest BCUT2D eigenvalue weighted by atomic mass is 16.5. The van der Waals surface area contributed by atoms with Crippen molar-refractivity contribution in [1.82, 2.24) is 15.2 Å². The second kappa shape index (κ2) is 8.76. The zero-order valence-corrected chi connectivity index (χ0v) is 13.0. The fourth-order valence-electron chi connectivity index (χ4n) is 2.02. The van der Waals surface area contributed by atoms with E-state index in [0.29, 0.717) is 19.1 Å². The van der Waals surface area contributed by atoms with Gasteiger partial charge >= 0.3 is 0 Å². The number of nitrogens with one attached hydrogen (secondary N) is 2. The monoisotopic (exact) mass is 281 g/mol. The third kappa shape index (κ3) is 6.21. The molecule has 0 aromatic carbocycles. The lowest BCUT2D eigenvalue weighted by Crippen LogP contribution is -2.38. The van der Waals surface area contributed by atoms with E-state index in [-0.39, 0.29) is 11.9 Å². The number of aromatic nitrogens is 1. The van der Waals surface area contributed by atoms with Gasteiger partial charge in [0.05, 0.1) is 6.61 Å². The van der Waals surface area contributed by atoms with E-state index in [9.17, 15) is 4.79 Å². The number of rotatable bonds is 9. The largest absolute Gasteiger partial charge is 0.383 e. The third-order valence-corrected chi connectivity index (χ3v) is 2.92. The molecule has 0 radical (unpaired) electrons. The fraction of sp³-hybridized carbons (Fsp3) is 0.667. The molecule has 1 amide bonds. The summed E-state index contributed by atoms with van der Waals surface area (Å²) < 4.78 is 6.98. The summed E-state index contributed by atoms with van der Waals surface area (Å²) in [5, 5.41) is 6.30. The van der Waals surface area contributed by atoms with Crippen molar-refractivity contribution in [2.24, 2.45) is 5.92 Å². The van der Waals surface area contributed by atoms with Crippen LogP contribution < -0.4 is 10.6 Å². The minimum Gasteiger partial charge on any atom is -0.383 e. The predicted octanol–water partition coefficient (Wildman–Crippen LogP) is 1.38. The van der Waals surface area contributed by atoms with Crippen LogP contribution in [0.4, 0.5) is 0 Å². The van der Waals surface area contributed by atoms with Crippen molar-refractivity contribution in [2.45, 2.75) is 39.9 Å². The topological polar surface area (TPSA) is 55.3 Å². The first kappa shape index (κ1) is 16.7. The lowest BCUT2D eigenvalue weighted by molar-refractivity contribution is -0.122. The molecule has 1 aromatic rings. The van der Waals surface area contributed by atoms with Crippen LogP contribution >= 0.6 is 0 Å². The number of hydrogen-bond donors (Lipinski definition) is 2. The molecule has 114 valence electrons. The number of carbonyl (C=O) groups is 1. The molecule has 0 aliphatic heterocycles. The van der Waals surface area contributed by atoms with Crippen LogP contribution in [0.5, 0.6) is 0 Å².